The number of thioether (sulfide) groups is 1. The quantitative estimate of drug-likeness (QED) is 0.394. The average Bonchev–Trinajstić information content (AvgIpc) is 3.71. The van der Waals surface area contributed by atoms with Gasteiger partial charge in [0, 0.05) is 67.0 Å². The molecule has 1 saturated carbocycles. The third-order valence-corrected chi connectivity index (χ3v) is 9.54. The molecule has 1 aromatic carbocycles. The maximum atomic E-state index is 14.0. The number of aryl methyl sites for hydroxylation is 1. The van der Waals surface area contributed by atoms with Gasteiger partial charge in [0.15, 0.2) is 0 Å². The van der Waals surface area contributed by atoms with Crippen molar-refractivity contribution in [3.8, 4) is 10.6 Å². The van der Waals surface area contributed by atoms with E-state index in [1.165, 1.54) is 11.8 Å². The fourth-order valence-corrected chi connectivity index (χ4v) is 7.36. The highest BCUT2D eigenvalue weighted by Crippen LogP contribution is 2.44. The zero-order valence-corrected chi connectivity index (χ0v) is 23.1. The van der Waals surface area contributed by atoms with Crippen LogP contribution in [-0.4, -0.2) is 65.3 Å². The summed E-state index contributed by atoms with van der Waals surface area (Å²) in [4.78, 5) is 27.3. The molecule has 2 N–H and O–H groups in total. The molecule has 1 aliphatic carbocycles. The molecule has 0 radical (unpaired) electrons. The molecule has 2 fully saturated rings. The van der Waals surface area contributed by atoms with Crippen molar-refractivity contribution in [3.05, 3.63) is 46.5 Å². The van der Waals surface area contributed by atoms with E-state index in [-0.39, 0.29) is 23.6 Å². The van der Waals surface area contributed by atoms with E-state index in [2.05, 4.69) is 31.6 Å². The predicted octanol–water partition coefficient (Wildman–Crippen LogP) is 5.65. The maximum Gasteiger partial charge on any atom is 0.420 e. The van der Waals surface area contributed by atoms with Gasteiger partial charge in [0.05, 0.1) is 10.6 Å². The predicted molar refractivity (Wildman–Crippen MR) is 149 cm³/mol. The van der Waals surface area contributed by atoms with Crippen LogP contribution >= 0.6 is 23.1 Å². The lowest BCUT2D eigenvalue weighted by Crippen LogP contribution is -2.43. The highest BCUT2D eigenvalue weighted by Gasteiger charge is 2.39. The van der Waals surface area contributed by atoms with Crippen molar-refractivity contribution in [2.24, 2.45) is 0 Å². The Morgan fingerprint density at radius 1 is 1.15 bits per heavy atom. The molecule has 1 saturated heterocycles. The van der Waals surface area contributed by atoms with Gasteiger partial charge in [0.1, 0.15) is 10.4 Å². The van der Waals surface area contributed by atoms with Crippen LogP contribution in [0.4, 0.5) is 30.5 Å². The molecule has 2 aliphatic heterocycles. The Kier molecular flexibility index (Phi) is 7.19. The summed E-state index contributed by atoms with van der Waals surface area (Å²) in [5.41, 5.74) is 1.79. The standard InChI is InChI=1S/C27H29F3N6OS2/c1-2-16-13-18(35-9-7-31-8-10-35)5-6-20(16)33-26-32-15-19(27(28,29)30)23(34-26)21-14-22-24(39-21)25(37)36(11-12-38-22)17-3-4-17/h5-6,13-15,17,31H,2-4,7-12H2,1H3,(H,32,33,34). The zero-order chi connectivity index (χ0) is 27.1. The monoisotopic (exact) mass is 574 g/mol. The minimum Gasteiger partial charge on any atom is -0.369 e. The molecule has 6 rings (SSSR count). The van der Waals surface area contributed by atoms with Crippen LogP contribution in [0.1, 0.15) is 40.6 Å². The van der Waals surface area contributed by atoms with E-state index >= 15 is 0 Å². The van der Waals surface area contributed by atoms with Crippen LogP contribution in [0.25, 0.3) is 10.6 Å². The normalized spacial score (nSPS) is 18.2. The van der Waals surface area contributed by atoms with E-state index in [9.17, 15) is 18.0 Å². The Morgan fingerprint density at radius 3 is 2.67 bits per heavy atom. The molecule has 206 valence electrons. The number of carbonyl (C=O) groups is 1. The molecule has 39 heavy (non-hydrogen) atoms. The van der Waals surface area contributed by atoms with Gasteiger partial charge in [-0.15, -0.1) is 23.1 Å². The third kappa shape index (κ3) is 5.46. The number of nitrogens with zero attached hydrogens (tertiary/aromatic N) is 4. The van der Waals surface area contributed by atoms with E-state index in [4.69, 9.17) is 0 Å². The molecule has 3 aromatic rings. The fraction of sp³-hybridized carbons (Fsp3) is 0.444. The summed E-state index contributed by atoms with van der Waals surface area (Å²) in [6, 6.07) is 8.00. The Hall–Kier alpha value is -2.83. The van der Waals surface area contributed by atoms with E-state index < -0.39 is 11.7 Å². The summed E-state index contributed by atoms with van der Waals surface area (Å²) in [6.45, 7) is 6.40. The summed E-state index contributed by atoms with van der Waals surface area (Å²) in [5, 5.41) is 6.51. The summed E-state index contributed by atoms with van der Waals surface area (Å²) in [6.07, 6.45) is -1.09. The fourth-order valence-electron chi connectivity index (χ4n) is 5.04. The number of hydrogen-bond donors (Lipinski definition) is 2. The number of piperazine rings is 1. The van der Waals surface area contributed by atoms with Gasteiger partial charge in [-0.05, 0) is 49.1 Å². The second-order valence-electron chi connectivity index (χ2n) is 9.89. The van der Waals surface area contributed by atoms with Crippen LogP contribution in [-0.2, 0) is 12.6 Å². The Bertz CT molecular complexity index is 1380. The first-order chi connectivity index (χ1) is 18.8. The van der Waals surface area contributed by atoms with Crippen LogP contribution in [0.5, 0.6) is 0 Å². The summed E-state index contributed by atoms with van der Waals surface area (Å²) in [7, 11) is 0. The number of hydrogen-bond acceptors (Lipinski definition) is 8. The smallest absolute Gasteiger partial charge is 0.369 e. The van der Waals surface area contributed by atoms with Crippen molar-refractivity contribution in [1.82, 2.24) is 20.2 Å². The molecular weight excluding hydrogens is 545 g/mol. The molecule has 12 heteroatoms. The summed E-state index contributed by atoms with van der Waals surface area (Å²) in [5.74, 6) is 0.717. The Balaban J connectivity index is 1.33. The number of carbonyl (C=O) groups excluding carboxylic acids is 1. The van der Waals surface area contributed by atoms with Crippen molar-refractivity contribution in [2.75, 3.05) is 48.7 Å². The average molecular weight is 575 g/mol. The minimum atomic E-state index is -4.63. The molecule has 0 atom stereocenters. The second-order valence-corrected chi connectivity index (χ2v) is 12.1. The summed E-state index contributed by atoms with van der Waals surface area (Å²) >= 11 is 2.60. The number of anilines is 3. The van der Waals surface area contributed by atoms with E-state index in [0.29, 0.717) is 16.3 Å². The van der Waals surface area contributed by atoms with Crippen molar-refractivity contribution in [2.45, 2.75) is 43.3 Å². The number of amides is 1. The molecule has 4 heterocycles. The third-order valence-electron chi connectivity index (χ3n) is 7.26. The molecule has 3 aliphatic rings. The molecule has 1 amide bonds. The first kappa shape index (κ1) is 26.4. The topological polar surface area (TPSA) is 73.4 Å². The zero-order valence-electron chi connectivity index (χ0n) is 21.5. The van der Waals surface area contributed by atoms with Crippen molar-refractivity contribution >= 4 is 46.3 Å². The van der Waals surface area contributed by atoms with Gasteiger partial charge >= 0.3 is 6.18 Å². The highest BCUT2D eigenvalue weighted by atomic mass is 32.2. The number of benzene rings is 1. The van der Waals surface area contributed by atoms with Crippen LogP contribution in [0.2, 0.25) is 0 Å². The lowest BCUT2D eigenvalue weighted by molar-refractivity contribution is -0.137. The van der Waals surface area contributed by atoms with Gasteiger partial charge in [0.25, 0.3) is 5.91 Å². The number of nitrogens with one attached hydrogen (secondary N) is 2. The lowest BCUT2D eigenvalue weighted by atomic mass is 10.1. The van der Waals surface area contributed by atoms with E-state index in [1.807, 2.05) is 24.0 Å². The van der Waals surface area contributed by atoms with Crippen LogP contribution < -0.4 is 15.5 Å². The van der Waals surface area contributed by atoms with Gasteiger partial charge in [-0.2, -0.15) is 13.2 Å². The maximum absolute atomic E-state index is 14.0. The van der Waals surface area contributed by atoms with E-state index in [0.717, 1.165) is 90.6 Å². The molecule has 0 bridgehead atoms. The highest BCUT2D eigenvalue weighted by molar-refractivity contribution is 7.99. The second kappa shape index (κ2) is 10.6. The number of thiophene rings is 1. The van der Waals surface area contributed by atoms with Crippen LogP contribution in [0.15, 0.2) is 35.4 Å². The van der Waals surface area contributed by atoms with E-state index in [1.54, 1.807) is 6.07 Å². The number of aromatic nitrogens is 2. The molecule has 0 spiro atoms. The molecule has 2 aromatic heterocycles. The number of rotatable bonds is 6. The number of fused-ring (bicyclic) bond motifs is 1. The van der Waals surface area contributed by atoms with Gasteiger partial charge in [-0.1, -0.05) is 6.92 Å². The Labute approximate surface area is 233 Å². The summed E-state index contributed by atoms with van der Waals surface area (Å²) < 4.78 is 42.1. The van der Waals surface area contributed by atoms with Crippen molar-refractivity contribution < 1.29 is 18.0 Å². The molecule has 7 nitrogen and oxygen atoms in total. The molecule has 0 unspecified atom stereocenters. The SMILES string of the molecule is CCc1cc(N2CCNCC2)ccc1Nc1ncc(C(F)(F)F)c(-c2cc3c(s2)C(=O)N(C2CC2)CCS3)n1. The number of halogens is 3. The van der Waals surface area contributed by atoms with Crippen LogP contribution in [0, 0.1) is 0 Å². The minimum absolute atomic E-state index is 0.0878. The largest absolute Gasteiger partial charge is 0.420 e. The van der Waals surface area contributed by atoms with Crippen LogP contribution in [0.3, 0.4) is 0 Å². The van der Waals surface area contributed by atoms with Crippen molar-refractivity contribution in [1.29, 1.82) is 0 Å². The Morgan fingerprint density at radius 2 is 1.95 bits per heavy atom. The van der Waals surface area contributed by atoms with Crippen molar-refractivity contribution in [3.63, 3.8) is 0 Å². The van der Waals surface area contributed by atoms with Gasteiger partial charge < -0.3 is 20.4 Å². The first-order valence-corrected chi connectivity index (χ1v) is 15.0. The first-order valence-electron chi connectivity index (χ1n) is 13.2. The lowest BCUT2D eigenvalue weighted by Gasteiger charge is -2.30. The molecular formula is C27H29F3N6OS2. The van der Waals surface area contributed by atoms with Gasteiger partial charge in [-0.3, -0.25) is 4.79 Å². The van der Waals surface area contributed by atoms with Gasteiger partial charge in [-0.25, -0.2) is 9.97 Å². The number of alkyl halides is 3. The van der Waals surface area contributed by atoms with Gasteiger partial charge in [0.2, 0.25) is 5.95 Å².